The van der Waals surface area contributed by atoms with Gasteiger partial charge in [0.05, 0.1) is 5.16 Å². The summed E-state index contributed by atoms with van der Waals surface area (Å²) in [7, 11) is 0. The van der Waals surface area contributed by atoms with Gasteiger partial charge in [0.25, 0.3) is 0 Å². The Labute approximate surface area is 135 Å². The molecule has 5 nitrogen and oxygen atoms in total. The molecule has 116 valence electrons. The van der Waals surface area contributed by atoms with Gasteiger partial charge in [-0.25, -0.2) is 0 Å². The van der Waals surface area contributed by atoms with Crippen molar-refractivity contribution in [2.24, 2.45) is 5.16 Å². The molecule has 0 radical (unpaired) electrons. The average molecular weight is 308 g/mol. The van der Waals surface area contributed by atoms with E-state index in [0.717, 1.165) is 12.0 Å². The summed E-state index contributed by atoms with van der Waals surface area (Å²) < 4.78 is 4.96. The summed E-state index contributed by atoms with van der Waals surface area (Å²) in [5.74, 6) is -0.00477. The summed E-state index contributed by atoms with van der Waals surface area (Å²) in [6, 6.07) is 16.5. The summed E-state index contributed by atoms with van der Waals surface area (Å²) >= 11 is 0. The molecule has 0 aromatic heterocycles. The van der Waals surface area contributed by atoms with Gasteiger partial charge in [-0.3, -0.25) is 0 Å². The van der Waals surface area contributed by atoms with Crippen LogP contribution >= 0.6 is 0 Å². The molecule has 0 aliphatic carbocycles. The predicted molar refractivity (Wildman–Crippen MR) is 86.7 cm³/mol. The van der Waals surface area contributed by atoms with Crippen molar-refractivity contribution < 1.29 is 14.4 Å². The molecule has 0 amide bonds. The Morgan fingerprint density at radius 2 is 1.74 bits per heavy atom. The van der Waals surface area contributed by atoms with Gasteiger partial charge in [-0.05, 0) is 17.5 Å². The molecule has 5 heteroatoms. The lowest BCUT2D eigenvalue weighted by Crippen LogP contribution is -2.06. The van der Waals surface area contributed by atoms with E-state index in [-0.39, 0.29) is 12.4 Å². The minimum absolute atomic E-state index is 0.00477. The summed E-state index contributed by atoms with van der Waals surface area (Å²) in [5.41, 5.74) is 2.65. The third-order valence-electron chi connectivity index (χ3n) is 3.13. The van der Waals surface area contributed by atoms with E-state index in [2.05, 4.69) is 21.8 Å². The predicted octanol–water partition coefficient (Wildman–Crippen LogP) is 4.18. The summed E-state index contributed by atoms with van der Waals surface area (Å²) in [6.07, 6.45) is 0.0122. The molecule has 0 spiro atoms. The van der Waals surface area contributed by atoms with Gasteiger partial charge in [-0.1, -0.05) is 68.1 Å². The molecule has 0 fully saturated rings. The van der Waals surface area contributed by atoms with Crippen LogP contribution in [0.2, 0.25) is 0 Å². The number of carbonyl (C=O) groups excluding carboxylic acids is 1. The van der Waals surface area contributed by atoms with E-state index in [1.165, 1.54) is 5.56 Å². The van der Waals surface area contributed by atoms with Crippen molar-refractivity contribution in [2.45, 2.75) is 20.0 Å². The highest BCUT2D eigenvalue weighted by molar-refractivity contribution is 6.05. The Hall–Kier alpha value is -3.13. The zero-order valence-electron chi connectivity index (χ0n) is 12.7. The van der Waals surface area contributed by atoms with Crippen molar-refractivity contribution in [3.8, 4) is 0 Å². The lowest BCUT2D eigenvalue weighted by atomic mass is 10.1. The molecule has 0 atom stereocenters. The minimum Gasteiger partial charge on any atom is -0.427 e. The average Bonchev–Trinajstić information content (AvgIpc) is 2.62. The fraction of sp³-hybridized carbons (Fsp3) is 0.167. The number of oxime groups is 1. The van der Waals surface area contributed by atoms with E-state index in [0.29, 0.717) is 5.56 Å². The molecule has 0 aliphatic heterocycles. The first kappa shape index (κ1) is 16.2. The molecule has 0 N–H and O–H groups in total. The number of rotatable bonds is 5. The molecule has 0 unspecified atom stereocenters. The maximum atomic E-state index is 11.5. The summed E-state index contributed by atoms with van der Waals surface area (Å²) in [5, 5.41) is 3.54. The number of amidine groups is 1. The number of benzene rings is 2. The molecule has 2 rings (SSSR count). The molecule has 0 bridgehead atoms. The van der Waals surface area contributed by atoms with E-state index in [9.17, 15) is 4.79 Å². The second-order valence-electron chi connectivity index (χ2n) is 4.69. The lowest BCUT2D eigenvalue weighted by molar-refractivity contribution is 0.0520. The maximum absolute atomic E-state index is 11.5. The number of aryl methyl sites for hydroxylation is 1. The van der Waals surface area contributed by atoms with Crippen LogP contribution in [0.5, 0.6) is 0 Å². The highest BCUT2D eigenvalue weighted by Gasteiger charge is 2.10. The van der Waals surface area contributed by atoms with E-state index in [4.69, 9.17) is 11.3 Å². The van der Waals surface area contributed by atoms with Crippen LogP contribution in [-0.2, 0) is 22.6 Å². The fourth-order valence-electron chi connectivity index (χ4n) is 1.85. The second kappa shape index (κ2) is 8.35. The number of carbonyl (C=O) groups is 1. The zero-order valence-corrected chi connectivity index (χ0v) is 12.7. The normalized spacial score (nSPS) is 10.7. The molecular weight excluding hydrogens is 292 g/mol. The summed E-state index contributed by atoms with van der Waals surface area (Å²) in [6.45, 7) is 9.24. The Balaban J connectivity index is 1.89. The van der Waals surface area contributed by atoms with Crippen LogP contribution in [0.1, 0.15) is 23.6 Å². The SMILES string of the molecule is [C-]#[N+]C(=NOC(=O)OCc1ccc(CC)cc1)c1ccccc1. The Kier molecular flexibility index (Phi) is 5.89. The van der Waals surface area contributed by atoms with Crippen LogP contribution < -0.4 is 0 Å². The van der Waals surface area contributed by atoms with Crippen LogP contribution in [0.4, 0.5) is 4.79 Å². The Bertz CT molecular complexity index is 716. The molecule has 2 aromatic carbocycles. The largest absolute Gasteiger partial charge is 0.554 e. The van der Waals surface area contributed by atoms with Crippen LogP contribution in [-0.4, -0.2) is 12.0 Å². The number of ether oxygens (including phenoxy) is 1. The van der Waals surface area contributed by atoms with Crippen molar-refractivity contribution in [2.75, 3.05) is 0 Å². The highest BCUT2D eigenvalue weighted by Crippen LogP contribution is 2.07. The van der Waals surface area contributed by atoms with Crippen LogP contribution in [0.15, 0.2) is 59.8 Å². The Morgan fingerprint density at radius 1 is 1.09 bits per heavy atom. The maximum Gasteiger partial charge on any atom is 0.554 e. The Morgan fingerprint density at radius 3 is 2.35 bits per heavy atom. The van der Waals surface area contributed by atoms with Crippen LogP contribution in [0.25, 0.3) is 4.85 Å². The first-order valence-corrected chi connectivity index (χ1v) is 7.15. The van der Waals surface area contributed by atoms with Gasteiger partial charge in [-0.2, -0.15) is 9.63 Å². The van der Waals surface area contributed by atoms with Gasteiger partial charge in [0.15, 0.2) is 0 Å². The lowest BCUT2D eigenvalue weighted by Gasteiger charge is -2.02. The number of hydrogen-bond donors (Lipinski definition) is 0. The minimum atomic E-state index is -0.943. The van der Waals surface area contributed by atoms with E-state index >= 15 is 0 Å². The van der Waals surface area contributed by atoms with E-state index < -0.39 is 6.16 Å². The first-order valence-electron chi connectivity index (χ1n) is 7.15. The standard InChI is InChI=1S/C18H16N2O3/c1-3-14-9-11-15(12-10-14)13-22-18(21)23-20-17(19-2)16-7-5-4-6-8-16/h4-12H,3,13H2,1H3. The van der Waals surface area contributed by atoms with Gasteiger partial charge in [-0.15, -0.1) is 0 Å². The molecule has 0 saturated carbocycles. The van der Waals surface area contributed by atoms with Crippen molar-refractivity contribution in [1.82, 2.24) is 0 Å². The highest BCUT2D eigenvalue weighted by atomic mass is 16.8. The third kappa shape index (κ3) is 4.97. The van der Waals surface area contributed by atoms with Gasteiger partial charge >= 0.3 is 12.0 Å². The van der Waals surface area contributed by atoms with Crippen molar-refractivity contribution in [1.29, 1.82) is 0 Å². The smallest absolute Gasteiger partial charge is 0.427 e. The van der Waals surface area contributed by atoms with Crippen molar-refractivity contribution >= 4 is 12.0 Å². The van der Waals surface area contributed by atoms with Gasteiger partial charge in [0.2, 0.25) is 0 Å². The fourth-order valence-corrected chi connectivity index (χ4v) is 1.85. The molecule has 0 saturated heterocycles. The van der Waals surface area contributed by atoms with Crippen LogP contribution in [0, 0.1) is 6.57 Å². The second-order valence-corrected chi connectivity index (χ2v) is 4.69. The molecular formula is C18H16N2O3. The third-order valence-corrected chi connectivity index (χ3v) is 3.13. The van der Waals surface area contributed by atoms with Gasteiger partial charge in [0.1, 0.15) is 6.61 Å². The van der Waals surface area contributed by atoms with Crippen molar-refractivity contribution in [3.63, 3.8) is 0 Å². The monoisotopic (exact) mass is 308 g/mol. The van der Waals surface area contributed by atoms with Gasteiger partial charge < -0.3 is 9.58 Å². The zero-order chi connectivity index (χ0) is 16.5. The molecule has 2 aromatic rings. The van der Waals surface area contributed by atoms with Crippen LogP contribution in [0.3, 0.4) is 0 Å². The van der Waals surface area contributed by atoms with Crippen molar-refractivity contribution in [3.05, 3.63) is 82.7 Å². The quantitative estimate of drug-likeness (QED) is 0.208. The van der Waals surface area contributed by atoms with E-state index in [1.807, 2.05) is 30.3 Å². The molecule has 23 heavy (non-hydrogen) atoms. The van der Waals surface area contributed by atoms with Gasteiger partial charge in [0, 0.05) is 5.56 Å². The van der Waals surface area contributed by atoms with E-state index in [1.54, 1.807) is 24.3 Å². The first-order chi connectivity index (χ1) is 11.2. The summed E-state index contributed by atoms with van der Waals surface area (Å²) in [4.78, 5) is 19.4. The topological polar surface area (TPSA) is 52.2 Å². The number of nitrogens with zero attached hydrogens (tertiary/aromatic N) is 2. The number of hydrogen-bond acceptors (Lipinski definition) is 4. The molecule has 0 aliphatic rings. The molecule has 0 heterocycles.